The van der Waals surface area contributed by atoms with Gasteiger partial charge in [0.1, 0.15) is 25.4 Å². The van der Waals surface area contributed by atoms with Crippen molar-refractivity contribution in [2.45, 2.75) is 24.5 Å². The lowest BCUT2D eigenvalue weighted by Gasteiger charge is -2.17. The van der Waals surface area contributed by atoms with Gasteiger partial charge in [0, 0.05) is 0 Å². The molecule has 8 nitrogen and oxygen atoms in total. The van der Waals surface area contributed by atoms with Crippen molar-refractivity contribution < 1.29 is 26.2 Å². The number of aromatic nitrogens is 2. The minimum absolute atomic E-state index is 0.127. The second kappa shape index (κ2) is 4.99. The van der Waals surface area contributed by atoms with Crippen molar-refractivity contribution >= 4 is 5.91 Å². The topological polar surface area (TPSA) is 131 Å². The van der Waals surface area contributed by atoms with E-state index >= 15 is 0 Å². The van der Waals surface area contributed by atoms with Gasteiger partial charge in [0.25, 0.3) is 5.91 Å². The van der Waals surface area contributed by atoms with Crippen LogP contribution < -0.4 is 5.73 Å². The summed E-state index contributed by atoms with van der Waals surface area (Å²) in [5.74, 6) is 1.24. The van der Waals surface area contributed by atoms with E-state index in [0.29, 0.717) is 0 Å². The maximum Gasteiger partial charge on any atom is 0.270 e. The number of hydrogen-bond donors (Lipinski definition) is 4. The molecule has 4 atom stereocenters. The largest absolute Gasteiger partial charge is 0.394 e. The molecule has 1 amide bonds. The fourth-order valence-corrected chi connectivity index (χ4v) is 1.91. The van der Waals surface area contributed by atoms with Crippen LogP contribution in [0.4, 0.5) is 0 Å². The Labute approximate surface area is 109 Å². The van der Waals surface area contributed by atoms with Gasteiger partial charge in [-0.3, -0.25) is 9.36 Å². The van der Waals surface area contributed by atoms with Crippen LogP contribution in [0.15, 0.2) is 6.30 Å². The molecule has 1 fully saturated rings. The number of ether oxygens (including phenoxy) is 1. The number of amides is 1. The summed E-state index contributed by atoms with van der Waals surface area (Å²) in [7, 11) is 0. The molecular formula is C11H13N3O5. The number of nitrogens with two attached hydrogens (primary N) is 1. The third kappa shape index (κ3) is 2.09. The predicted octanol–water partition coefficient (Wildman–Crippen LogP) is -2.43. The van der Waals surface area contributed by atoms with E-state index in [2.05, 4.69) is 10.9 Å². The summed E-state index contributed by atoms with van der Waals surface area (Å²) >= 11 is 0. The van der Waals surface area contributed by atoms with Crippen molar-refractivity contribution in [2.75, 3.05) is 6.61 Å². The number of nitrogens with zero attached hydrogens (tertiary/aromatic N) is 2. The highest BCUT2D eigenvalue weighted by Gasteiger charge is 2.44. The van der Waals surface area contributed by atoms with Gasteiger partial charge in [-0.05, 0) is 5.92 Å². The molecule has 8 heteroatoms. The predicted molar refractivity (Wildman–Crippen MR) is 61.7 cm³/mol. The van der Waals surface area contributed by atoms with Gasteiger partial charge < -0.3 is 25.8 Å². The van der Waals surface area contributed by atoms with E-state index in [0.717, 1.165) is 4.57 Å². The van der Waals surface area contributed by atoms with Gasteiger partial charge in [0.2, 0.25) is 0 Å². The molecule has 1 aliphatic heterocycles. The molecule has 2 heterocycles. The molecule has 0 aromatic carbocycles. The first-order chi connectivity index (χ1) is 9.42. The zero-order valence-electron chi connectivity index (χ0n) is 10.7. The van der Waals surface area contributed by atoms with Crippen LogP contribution in [0.3, 0.4) is 0 Å². The second-order valence-electron chi connectivity index (χ2n) is 4.02. The summed E-state index contributed by atoms with van der Waals surface area (Å²) in [5, 5.41) is 28.6. The van der Waals surface area contributed by atoms with Crippen molar-refractivity contribution in [3.05, 3.63) is 17.7 Å². The molecule has 102 valence electrons. The van der Waals surface area contributed by atoms with E-state index in [1.807, 2.05) is 0 Å². The fraction of sp³-hybridized carbons (Fsp3) is 0.455. The number of hydrogen-bond acceptors (Lipinski definition) is 6. The Morgan fingerprint density at radius 2 is 2.37 bits per heavy atom. The third-order valence-corrected chi connectivity index (χ3v) is 2.88. The number of aliphatic hydroxyl groups is 3. The first kappa shape index (κ1) is 12.1. The zero-order chi connectivity index (χ0) is 15.0. The summed E-state index contributed by atoms with van der Waals surface area (Å²) in [6.07, 6.45) is -0.224. The number of carbonyl (C=O) groups excluding carboxylic acids is 1. The molecule has 0 bridgehead atoms. The quantitative estimate of drug-likeness (QED) is 0.451. The smallest absolute Gasteiger partial charge is 0.270 e. The van der Waals surface area contributed by atoms with Crippen molar-refractivity contribution in [2.24, 2.45) is 5.73 Å². The molecule has 1 aliphatic rings. The molecule has 2 rings (SSSR count). The number of terminal acetylenes is 1. The third-order valence-electron chi connectivity index (χ3n) is 2.88. The Morgan fingerprint density at radius 3 is 2.84 bits per heavy atom. The molecule has 0 aliphatic carbocycles. The van der Waals surface area contributed by atoms with Gasteiger partial charge in [0.05, 0.1) is 12.9 Å². The Bertz CT molecular complexity index is 581. The van der Waals surface area contributed by atoms with Gasteiger partial charge in [-0.15, -0.1) is 6.42 Å². The number of primary amides is 1. The minimum atomic E-state index is -1.43. The van der Waals surface area contributed by atoms with Gasteiger partial charge in [0.15, 0.2) is 11.9 Å². The maximum absolute atomic E-state index is 11.2. The van der Waals surface area contributed by atoms with Crippen molar-refractivity contribution in [1.82, 2.24) is 9.55 Å². The maximum atomic E-state index is 11.2. The van der Waals surface area contributed by atoms with E-state index < -0.39 is 43.4 Å². The van der Waals surface area contributed by atoms with Gasteiger partial charge in [-0.25, -0.2) is 4.98 Å². The molecule has 1 saturated heterocycles. The highest BCUT2D eigenvalue weighted by atomic mass is 16.6. The first-order valence-corrected chi connectivity index (χ1v) is 5.40. The summed E-state index contributed by atoms with van der Waals surface area (Å²) in [4.78, 5) is 14.8. The normalized spacial score (nSPS) is 30.9. The Morgan fingerprint density at radius 1 is 1.68 bits per heavy atom. The van der Waals surface area contributed by atoms with E-state index in [1.165, 1.54) is 0 Å². The summed E-state index contributed by atoms with van der Waals surface area (Å²) in [6.45, 7) is -0.523. The average molecular weight is 268 g/mol. The monoisotopic (exact) mass is 268 g/mol. The van der Waals surface area contributed by atoms with Crippen LogP contribution in [0, 0.1) is 12.3 Å². The zero-order valence-corrected chi connectivity index (χ0v) is 9.72. The molecule has 0 unspecified atom stereocenters. The van der Waals surface area contributed by atoms with Crippen LogP contribution in [0.5, 0.6) is 0 Å². The fourth-order valence-electron chi connectivity index (χ4n) is 1.91. The molecular weight excluding hydrogens is 254 g/mol. The van der Waals surface area contributed by atoms with E-state index in [1.54, 1.807) is 0 Å². The highest BCUT2D eigenvalue weighted by Crippen LogP contribution is 2.30. The number of carbonyl (C=O) groups is 1. The first-order valence-electron chi connectivity index (χ1n) is 5.90. The lowest BCUT2D eigenvalue weighted by Crippen LogP contribution is -2.33. The van der Waals surface area contributed by atoms with E-state index in [-0.39, 0.29) is 11.4 Å². The van der Waals surface area contributed by atoms with E-state index in [4.69, 9.17) is 23.4 Å². The Kier molecular flexibility index (Phi) is 3.18. The van der Waals surface area contributed by atoms with Crippen LogP contribution in [-0.4, -0.2) is 55.7 Å². The molecule has 0 spiro atoms. The summed E-state index contributed by atoms with van der Waals surface area (Å²) < 4.78 is 13.9. The Balaban J connectivity index is 2.49. The number of imidazole rings is 1. The van der Waals surface area contributed by atoms with Crippen LogP contribution in [0.1, 0.15) is 23.8 Å². The van der Waals surface area contributed by atoms with E-state index in [9.17, 15) is 15.0 Å². The number of rotatable bonds is 3. The lowest BCUT2D eigenvalue weighted by molar-refractivity contribution is -0.0531. The molecule has 0 saturated carbocycles. The highest BCUT2D eigenvalue weighted by molar-refractivity contribution is 5.93. The second-order valence-corrected chi connectivity index (χ2v) is 4.02. The molecule has 5 N–H and O–H groups in total. The standard InChI is InChI=1S/C11H13N3O5/c1-2-5-7(10(12)18)13-4-14(5)11-9(17)8(16)6(3-15)19-11/h1,4,6,8-9,11,15-17H,3H2,(H2,12,18)/t6-,8-,9-,11-/m1/s1/i4D. The van der Waals surface area contributed by atoms with Crippen LogP contribution in [-0.2, 0) is 4.74 Å². The molecule has 0 radical (unpaired) electrons. The SMILES string of the molecule is [2H]c1nc(C(N)=O)c(C#C)n1[C@@H]1O[C@H](CO)[C@@H](O)[C@H]1O. The number of aliphatic hydroxyl groups excluding tert-OH is 3. The van der Waals surface area contributed by atoms with Crippen molar-refractivity contribution in [1.29, 1.82) is 0 Å². The summed E-state index contributed by atoms with van der Waals surface area (Å²) in [6, 6.07) is 0. The van der Waals surface area contributed by atoms with Gasteiger partial charge >= 0.3 is 0 Å². The van der Waals surface area contributed by atoms with Crippen LogP contribution >= 0.6 is 0 Å². The molecule has 1 aromatic rings. The van der Waals surface area contributed by atoms with Crippen LogP contribution in [0.2, 0.25) is 0 Å². The minimum Gasteiger partial charge on any atom is -0.394 e. The van der Waals surface area contributed by atoms with Gasteiger partial charge in [-0.2, -0.15) is 0 Å². The summed E-state index contributed by atoms with van der Waals surface area (Å²) in [5.41, 5.74) is 4.68. The average Bonchev–Trinajstić information content (AvgIpc) is 2.88. The van der Waals surface area contributed by atoms with Crippen molar-refractivity contribution in [3.8, 4) is 12.3 Å². The molecule has 1 aromatic heterocycles. The lowest BCUT2D eigenvalue weighted by atomic mass is 10.1. The Hall–Kier alpha value is -1.92. The van der Waals surface area contributed by atoms with Gasteiger partial charge in [-0.1, -0.05) is 0 Å². The van der Waals surface area contributed by atoms with Crippen LogP contribution in [0.25, 0.3) is 0 Å². The molecule has 19 heavy (non-hydrogen) atoms. The van der Waals surface area contributed by atoms with Crippen molar-refractivity contribution in [3.63, 3.8) is 0 Å².